The van der Waals surface area contributed by atoms with Gasteiger partial charge in [-0.2, -0.15) is 0 Å². The fraction of sp³-hybridized carbons (Fsp3) is 0.0769. The number of fused-ring (bicyclic) bond motifs is 1. The zero-order chi connectivity index (χ0) is 15.0. The number of hydrogen-bond donors (Lipinski definition) is 2. The molecule has 3 N–H and O–H groups in total. The third-order valence-corrected chi connectivity index (χ3v) is 3.23. The smallest absolute Gasteiger partial charge is 0.251 e. The molecular formula is C13H11ClN6O. The number of aromatic nitrogens is 3. The second kappa shape index (κ2) is 5.02. The number of nitrogen functional groups attached to an aromatic ring is 1. The van der Waals surface area contributed by atoms with Crippen LogP contribution in [0.25, 0.3) is 5.65 Å². The number of hydrogen-bond acceptors (Lipinski definition) is 5. The Morgan fingerprint density at radius 2 is 2.10 bits per heavy atom. The molecule has 0 atom stereocenters. The number of nitrogens with zero attached hydrogens (tertiary/aromatic N) is 4. The predicted octanol–water partition coefficient (Wildman–Crippen LogP) is 2.98. The average molecular weight is 303 g/mol. The number of halogens is 1. The van der Waals surface area contributed by atoms with Gasteiger partial charge in [0.1, 0.15) is 5.69 Å². The van der Waals surface area contributed by atoms with Gasteiger partial charge in [0.2, 0.25) is 0 Å². The van der Waals surface area contributed by atoms with Gasteiger partial charge in [-0.05, 0) is 19.1 Å². The van der Waals surface area contributed by atoms with Gasteiger partial charge in [0, 0.05) is 11.8 Å². The van der Waals surface area contributed by atoms with Crippen molar-refractivity contribution in [1.82, 2.24) is 14.6 Å². The van der Waals surface area contributed by atoms with Crippen molar-refractivity contribution in [3.63, 3.8) is 0 Å². The minimum atomic E-state index is -0.255. The van der Waals surface area contributed by atoms with Crippen LogP contribution in [0.2, 0.25) is 5.02 Å². The molecule has 0 fully saturated rings. The molecule has 1 aromatic carbocycles. The van der Waals surface area contributed by atoms with Gasteiger partial charge in [0.25, 0.3) is 5.56 Å². The Balaban J connectivity index is 2.15. The van der Waals surface area contributed by atoms with E-state index in [1.807, 2.05) is 0 Å². The molecule has 0 aliphatic carbocycles. The number of rotatable bonds is 2. The van der Waals surface area contributed by atoms with Crippen LogP contribution in [-0.2, 0) is 0 Å². The second-order valence-electron chi connectivity index (χ2n) is 4.42. The summed E-state index contributed by atoms with van der Waals surface area (Å²) in [4.78, 5) is 14.2. The van der Waals surface area contributed by atoms with Crippen LogP contribution < -0.4 is 11.3 Å². The van der Waals surface area contributed by atoms with Gasteiger partial charge in [-0.15, -0.1) is 15.3 Å². The fourth-order valence-electron chi connectivity index (χ4n) is 1.93. The summed E-state index contributed by atoms with van der Waals surface area (Å²) in [6.45, 7) is 1.75. The summed E-state index contributed by atoms with van der Waals surface area (Å²) in [6, 6.07) is 8.45. The van der Waals surface area contributed by atoms with Crippen molar-refractivity contribution in [3.8, 4) is 0 Å². The maximum Gasteiger partial charge on any atom is 0.251 e. The standard InChI is InChI=1S/C13H11ClN6O/c1-7-6-10(21)16-13-11(12(15)19-20(7)13)18-17-9-5-3-2-4-8(9)14/h2-6H,1H3,(H2,15,19)(H,16,21). The van der Waals surface area contributed by atoms with Crippen LogP contribution >= 0.6 is 11.6 Å². The Bertz CT molecular complexity index is 911. The first-order chi connectivity index (χ1) is 10.1. The molecular weight excluding hydrogens is 292 g/mol. The van der Waals surface area contributed by atoms with Crippen LogP contribution in [0.5, 0.6) is 0 Å². The van der Waals surface area contributed by atoms with E-state index in [2.05, 4.69) is 20.3 Å². The molecule has 0 radical (unpaired) electrons. The summed E-state index contributed by atoms with van der Waals surface area (Å²) in [5.41, 5.74) is 7.44. The third-order valence-electron chi connectivity index (χ3n) is 2.91. The van der Waals surface area contributed by atoms with Gasteiger partial charge in [-0.1, -0.05) is 23.7 Å². The molecule has 0 aliphatic heterocycles. The maximum atomic E-state index is 11.6. The van der Waals surface area contributed by atoms with Gasteiger partial charge in [0.05, 0.1) is 5.02 Å². The molecule has 3 rings (SSSR count). The summed E-state index contributed by atoms with van der Waals surface area (Å²) in [7, 11) is 0. The molecule has 8 heteroatoms. The zero-order valence-corrected chi connectivity index (χ0v) is 11.8. The van der Waals surface area contributed by atoms with Crippen molar-refractivity contribution >= 4 is 34.4 Å². The van der Waals surface area contributed by atoms with E-state index < -0.39 is 0 Å². The SMILES string of the molecule is Cc1cc(=O)[nH]c2c(N=Nc3ccccc3Cl)c(N)nn12. The number of nitrogens with one attached hydrogen (secondary N) is 1. The van der Waals surface area contributed by atoms with Crippen molar-refractivity contribution in [2.24, 2.45) is 10.2 Å². The fourth-order valence-corrected chi connectivity index (χ4v) is 2.11. The lowest BCUT2D eigenvalue weighted by Crippen LogP contribution is -2.09. The highest BCUT2D eigenvalue weighted by Crippen LogP contribution is 2.30. The molecule has 0 amide bonds. The minimum absolute atomic E-state index is 0.177. The molecule has 0 spiro atoms. The summed E-state index contributed by atoms with van der Waals surface area (Å²) >= 11 is 6.01. The van der Waals surface area contributed by atoms with E-state index in [0.29, 0.717) is 27.7 Å². The van der Waals surface area contributed by atoms with Crippen LogP contribution in [0.3, 0.4) is 0 Å². The van der Waals surface area contributed by atoms with Crippen LogP contribution in [0.15, 0.2) is 45.4 Å². The Morgan fingerprint density at radius 1 is 1.33 bits per heavy atom. The topological polar surface area (TPSA) is 101 Å². The van der Waals surface area contributed by atoms with E-state index in [1.165, 1.54) is 10.6 Å². The predicted molar refractivity (Wildman–Crippen MR) is 80.6 cm³/mol. The zero-order valence-electron chi connectivity index (χ0n) is 11.0. The van der Waals surface area contributed by atoms with Gasteiger partial charge < -0.3 is 10.7 Å². The van der Waals surface area contributed by atoms with Gasteiger partial charge in [0.15, 0.2) is 17.2 Å². The number of azo groups is 1. The lowest BCUT2D eigenvalue weighted by Gasteiger charge is -1.97. The number of anilines is 1. The van der Waals surface area contributed by atoms with Crippen molar-refractivity contribution in [3.05, 3.63) is 51.4 Å². The summed E-state index contributed by atoms with van der Waals surface area (Å²) in [5, 5.41) is 12.7. The molecule has 0 bridgehead atoms. The number of aryl methyl sites for hydroxylation is 1. The number of benzene rings is 1. The van der Waals surface area contributed by atoms with Crippen molar-refractivity contribution in [2.45, 2.75) is 6.92 Å². The molecule has 2 heterocycles. The second-order valence-corrected chi connectivity index (χ2v) is 4.83. The lowest BCUT2D eigenvalue weighted by molar-refractivity contribution is 0.891. The Morgan fingerprint density at radius 3 is 2.86 bits per heavy atom. The summed E-state index contributed by atoms with van der Waals surface area (Å²) in [5.74, 6) is 0.177. The monoisotopic (exact) mass is 302 g/mol. The number of nitrogens with two attached hydrogens (primary N) is 1. The van der Waals surface area contributed by atoms with E-state index in [0.717, 1.165) is 0 Å². The number of H-pyrrole nitrogens is 1. The largest absolute Gasteiger partial charge is 0.380 e. The maximum absolute atomic E-state index is 11.6. The Kier molecular flexibility index (Phi) is 3.19. The summed E-state index contributed by atoms with van der Waals surface area (Å²) in [6.07, 6.45) is 0. The molecule has 0 saturated carbocycles. The van der Waals surface area contributed by atoms with Crippen LogP contribution in [0.1, 0.15) is 5.69 Å². The van der Waals surface area contributed by atoms with Crippen molar-refractivity contribution < 1.29 is 0 Å². The van der Waals surface area contributed by atoms with Crippen molar-refractivity contribution in [2.75, 3.05) is 5.73 Å². The van der Waals surface area contributed by atoms with Crippen LogP contribution in [0.4, 0.5) is 17.2 Å². The van der Waals surface area contributed by atoms with E-state index in [-0.39, 0.29) is 11.4 Å². The molecule has 3 aromatic rings. The van der Waals surface area contributed by atoms with E-state index in [9.17, 15) is 4.79 Å². The first kappa shape index (κ1) is 13.3. The van der Waals surface area contributed by atoms with Gasteiger partial charge in [-0.25, -0.2) is 4.52 Å². The minimum Gasteiger partial charge on any atom is -0.380 e. The van der Waals surface area contributed by atoms with E-state index in [1.54, 1.807) is 31.2 Å². The summed E-state index contributed by atoms with van der Waals surface area (Å²) < 4.78 is 1.51. The van der Waals surface area contributed by atoms with E-state index >= 15 is 0 Å². The number of aromatic amines is 1. The first-order valence-corrected chi connectivity index (χ1v) is 6.48. The normalized spacial score (nSPS) is 11.5. The highest BCUT2D eigenvalue weighted by Gasteiger charge is 2.12. The third kappa shape index (κ3) is 2.38. The molecule has 7 nitrogen and oxygen atoms in total. The van der Waals surface area contributed by atoms with Gasteiger partial charge >= 0.3 is 0 Å². The lowest BCUT2D eigenvalue weighted by atomic mass is 10.3. The van der Waals surface area contributed by atoms with Crippen LogP contribution in [0, 0.1) is 6.92 Å². The highest BCUT2D eigenvalue weighted by atomic mass is 35.5. The quantitative estimate of drug-likeness (QED) is 0.711. The molecule has 0 saturated heterocycles. The first-order valence-electron chi connectivity index (χ1n) is 6.10. The molecule has 0 unspecified atom stereocenters. The highest BCUT2D eigenvalue weighted by molar-refractivity contribution is 6.32. The average Bonchev–Trinajstić information content (AvgIpc) is 2.75. The Labute approximate surface area is 124 Å². The molecule has 106 valence electrons. The van der Waals surface area contributed by atoms with E-state index in [4.69, 9.17) is 17.3 Å². The van der Waals surface area contributed by atoms with Crippen LogP contribution in [-0.4, -0.2) is 14.6 Å². The molecule has 2 aromatic heterocycles. The van der Waals surface area contributed by atoms with Crippen molar-refractivity contribution in [1.29, 1.82) is 0 Å². The molecule has 0 aliphatic rings. The Hall–Kier alpha value is -2.67. The van der Waals surface area contributed by atoms with Gasteiger partial charge in [-0.3, -0.25) is 4.79 Å². The molecule has 21 heavy (non-hydrogen) atoms.